The molecule has 4 nitrogen and oxygen atoms in total. The summed E-state index contributed by atoms with van der Waals surface area (Å²) in [4.78, 5) is 22.0. The zero-order valence-electron chi connectivity index (χ0n) is 14.3. The van der Waals surface area contributed by atoms with Crippen molar-refractivity contribution in [3.63, 3.8) is 0 Å². The molecule has 0 aliphatic heterocycles. The number of amides is 1. The molecule has 0 radical (unpaired) electrons. The molecule has 0 unspecified atom stereocenters. The van der Waals surface area contributed by atoms with Crippen molar-refractivity contribution in [1.82, 2.24) is 15.3 Å². The van der Waals surface area contributed by atoms with Gasteiger partial charge in [0.2, 0.25) is 0 Å². The Labute approximate surface area is 142 Å². The number of nitrogens with zero attached hydrogens (tertiary/aromatic N) is 2. The third-order valence-corrected chi connectivity index (χ3v) is 4.14. The molecular formula is C18H23N3OS. The fourth-order valence-corrected chi connectivity index (χ4v) is 2.83. The Hall–Kier alpha value is -1.88. The second-order valence-corrected chi connectivity index (χ2v) is 7.49. The number of aryl methyl sites for hydroxylation is 2. The van der Waals surface area contributed by atoms with E-state index in [1.165, 1.54) is 17.3 Å². The highest BCUT2D eigenvalue weighted by Crippen LogP contribution is 2.25. The monoisotopic (exact) mass is 329 g/mol. The highest BCUT2D eigenvalue weighted by Gasteiger charge is 2.15. The highest BCUT2D eigenvalue weighted by atomic mass is 32.2. The summed E-state index contributed by atoms with van der Waals surface area (Å²) in [6, 6.07) is 7.51. The Kier molecular flexibility index (Phi) is 5.42. The maximum atomic E-state index is 12.1. The summed E-state index contributed by atoms with van der Waals surface area (Å²) in [5.74, 6) is -0.0616. The van der Waals surface area contributed by atoms with Gasteiger partial charge in [-0.05, 0) is 75.7 Å². The smallest absolute Gasteiger partial charge is 0.251 e. The molecule has 0 saturated heterocycles. The van der Waals surface area contributed by atoms with E-state index in [1.807, 2.05) is 58.2 Å². The van der Waals surface area contributed by atoms with Crippen LogP contribution < -0.4 is 5.32 Å². The molecule has 0 spiro atoms. The molecule has 1 aromatic carbocycles. The lowest BCUT2D eigenvalue weighted by molar-refractivity contribution is 0.0919. The first kappa shape index (κ1) is 17.5. The van der Waals surface area contributed by atoms with Gasteiger partial charge in [0.15, 0.2) is 5.16 Å². The van der Waals surface area contributed by atoms with Gasteiger partial charge in [-0.3, -0.25) is 4.79 Å². The number of rotatable bonds is 4. The number of benzene rings is 1. The minimum atomic E-state index is -0.239. The summed E-state index contributed by atoms with van der Waals surface area (Å²) >= 11 is 1.50. The molecular weight excluding hydrogens is 306 g/mol. The normalized spacial score (nSPS) is 11.3. The van der Waals surface area contributed by atoms with E-state index in [4.69, 9.17) is 0 Å². The van der Waals surface area contributed by atoms with Gasteiger partial charge < -0.3 is 5.32 Å². The van der Waals surface area contributed by atoms with Gasteiger partial charge in [-0.25, -0.2) is 9.97 Å². The predicted molar refractivity (Wildman–Crippen MR) is 93.9 cm³/mol. The summed E-state index contributed by atoms with van der Waals surface area (Å²) < 4.78 is 0. The van der Waals surface area contributed by atoms with Crippen LogP contribution in [0.2, 0.25) is 0 Å². The first-order chi connectivity index (χ1) is 10.8. The van der Waals surface area contributed by atoms with E-state index in [1.54, 1.807) is 0 Å². The number of hydrogen-bond donors (Lipinski definition) is 1. The van der Waals surface area contributed by atoms with Crippen molar-refractivity contribution >= 4 is 17.7 Å². The van der Waals surface area contributed by atoms with Crippen molar-refractivity contribution in [2.24, 2.45) is 0 Å². The Bertz CT molecular complexity index is 690. The highest BCUT2D eigenvalue weighted by molar-refractivity contribution is 7.99. The Morgan fingerprint density at radius 1 is 1.22 bits per heavy atom. The SMILES string of the molecule is CCc1cnc(Sc2ccc(C(=O)NC(C)(C)C)cc2)nc1C. The molecule has 23 heavy (non-hydrogen) atoms. The Morgan fingerprint density at radius 3 is 2.39 bits per heavy atom. The van der Waals surface area contributed by atoms with Crippen LogP contribution in [0.5, 0.6) is 0 Å². The van der Waals surface area contributed by atoms with Crippen LogP contribution in [0, 0.1) is 6.92 Å². The third kappa shape index (κ3) is 5.06. The quantitative estimate of drug-likeness (QED) is 0.861. The van der Waals surface area contributed by atoms with Crippen LogP contribution in [0.25, 0.3) is 0 Å². The van der Waals surface area contributed by atoms with Gasteiger partial charge >= 0.3 is 0 Å². The lowest BCUT2D eigenvalue weighted by Gasteiger charge is -2.20. The van der Waals surface area contributed by atoms with Gasteiger partial charge in [-0.15, -0.1) is 0 Å². The molecule has 2 aromatic rings. The van der Waals surface area contributed by atoms with Crippen LogP contribution in [0.4, 0.5) is 0 Å². The van der Waals surface area contributed by atoms with Gasteiger partial charge in [0, 0.05) is 27.9 Å². The van der Waals surface area contributed by atoms with Crippen molar-refractivity contribution < 1.29 is 4.79 Å². The maximum absolute atomic E-state index is 12.1. The van der Waals surface area contributed by atoms with E-state index < -0.39 is 0 Å². The predicted octanol–water partition coefficient (Wildman–Crippen LogP) is 4.03. The van der Waals surface area contributed by atoms with Crippen LogP contribution in [-0.2, 0) is 6.42 Å². The molecule has 1 heterocycles. The zero-order valence-corrected chi connectivity index (χ0v) is 15.1. The molecule has 0 fully saturated rings. The standard InChI is InChI=1S/C18H23N3OS/c1-6-13-11-19-17(20-12(13)2)23-15-9-7-14(8-10-15)16(22)21-18(3,4)5/h7-11H,6H2,1-5H3,(H,21,22). The van der Waals surface area contributed by atoms with Gasteiger partial charge in [0.05, 0.1) is 0 Å². The van der Waals surface area contributed by atoms with Crippen LogP contribution in [0.1, 0.15) is 49.3 Å². The summed E-state index contributed by atoms with van der Waals surface area (Å²) in [7, 11) is 0. The number of carbonyl (C=O) groups is 1. The van der Waals surface area contributed by atoms with Crippen LogP contribution >= 0.6 is 11.8 Å². The molecule has 0 atom stereocenters. The number of carbonyl (C=O) groups excluding carboxylic acids is 1. The number of nitrogens with one attached hydrogen (secondary N) is 1. The lowest BCUT2D eigenvalue weighted by Crippen LogP contribution is -2.40. The molecule has 2 rings (SSSR count). The van der Waals surface area contributed by atoms with Crippen molar-refractivity contribution in [3.8, 4) is 0 Å². The van der Waals surface area contributed by atoms with Gasteiger partial charge in [0.25, 0.3) is 5.91 Å². The average molecular weight is 329 g/mol. The second-order valence-electron chi connectivity index (χ2n) is 6.45. The van der Waals surface area contributed by atoms with Crippen molar-refractivity contribution in [1.29, 1.82) is 0 Å². The summed E-state index contributed by atoms with van der Waals surface area (Å²) in [6.45, 7) is 10.0. The van der Waals surface area contributed by atoms with E-state index in [2.05, 4.69) is 22.2 Å². The Morgan fingerprint density at radius 2 is 1.87 bits per heavy atom. The molecule has 1 aromatic heterocycles. The van der Waals surface area contributed by atoms with E-state index in [0.717, 1.165) is 22.2 Å². The third-order valence-electron chi connectivity index (χ3n) is 3.25. The van der Waals surface area contributed by atoms with Gasteiger partial charge in [-0.2, -0.15) is 0 Å². The van der Waals surface area contributed by atoms with Crippen molar-refractivity contribution in [2.75, 3.05) is 0 Å². The fraction of sp³-hybridized carbons (Fsp3) is 0.389. The first-order valence-corrected chi connectivity index (χ1v) is 8.53. The molecule has 0 saturated carbocycles. The topological polar surface area (TPSA) is 54.9 Å². The molecule has 0 aliphatic rings. The van der Waals surface area contributed by atoms with E-state index >= 15 is 0 Å². The Balaban J connectivity index is 2.08. The van der Waals surface area contributed by atoms with Crippen molar-refractivity contribution in [2.45, 2.75) is 56.6 Å². The number of aromatic nitrogens is 2. The maximum Gasteiger partial charge on any atom is 0.251 e. The number of hydrogen-bond acceptors (Lipinski definition) is 4. The summed E-state index contributed by atoms with van der Waals surface area (Å²) in [6.07, 6.45) is 2.82. The minimum Gasteiger partial charge on any atom is -0.347 e. The minimum absolute atomic E-state index is 0.0616. The van der Waals surface area contributed by atoms with Crippen LogP contribution in [0.15, 0.2) is 40.5 Å². The second kappa shape index (κ2) is 7.13. The largest absolute Gasteiger partial charge is 0.347 e. The summed E-state index contributed by atoms with van der Waals surface area (Å²) in [5, 5.41) is 3.68. The zero-order chi connectivity index (χ0) is 17.0. The van der Waals surface area contributed by atoms with E-state index in [9.17, 15) is 4.79 Å². The fourth-order valence-electron chi connectivity index (χ4n) is 2.06. The lowest BCUT2D eigenvalue weighted by atomic mass is 10.1. The van der Waals surface area contributed by atoms with Crippen LogP contribution in [0.3, 0.4) is 0 Å². The van der Waals surface area contributed by atoms with E-state index in [-0.39, 0.29) is 11.4 Å². The van der Waals surface area contributed by atoms with Crippen LogP contribution in [-0.4, -0.2) is 21.4 Å². The average Bonchev–Trinajstić information content (AvgIpc) is 2.46. The van der Waals surface area contributed by atoms with Gasteiger partial charge in [-0.1, -0.05) is 6.92 Å². The molecule has 1 amide bonds. The van der Waals surface area contributed by atoms with Crippen molar-refractivity contribution in [3.05, 3.63) is 47.3 Å². The molecule has 5 heteroatoms. The first-order valence-electron chi connectivity index (χ1n) is 7.71. The molecule has 122 valence electrons. The van der Waals surface area contributed by atoms with E-state index in [0.29, 0.717) is 5.56 Å². The van der Waals surface area contributed by atoms with Gasteiger partial charge in [0.1, 0.15) is 0 Å². The molecule has 0 bridgehead atoms. The summed E-state index contributed by atoms with van der Waals surface area (Å²) in [5.41, 5.74) is 2.61. The molecule has 0 aliphatic carbocycles. The molecule has 1 N–H and O–H groups in total.